The van der Waals surface area contributed by atoms with Gasteiger partial charge in [0.15, 0.2) is 0 Å². The molecule has 136 valence electrons. The average Bonchev–Trinajstić information content (AvgIpc) is 3.20. The van der Waals surface area contributed by atoms with Gasteiger partial charge in [0.2, 0.25) is 0 Å². The topological polar surface area (TPSA) is 43.4 Å². The predicted octanol–water partition coefficient (Wildman–Crippen LogP) is 4.03. The summed E-state index contributed by atoms with van der Waals surface area (Å²) in [5, 5.41) is 5.11. The number of thiazole rings is 1. The van der Waals surface area contributed by atoms with Gasteiger partial charge in [0, 0.05) is 42.5 Å². The van der Waals surface area contributed by atoms with Gasteiger partial charge in [-0.15, -0.1) is 11.3 Å². The summed E-state index contributed by atoms with van der Waals surface area (Å²) in [7, 11) is 1.75. The lowest BCUT2D eigenvalue weighted by atomic mass is 9.60. The third kappa shape index (κ3) is 3.41. The summed E-state index contributed by atoms with van der Waals surface area (Å²) < 4.78 is 11.2. The van der Waals surface area contributed by atoms with Crippen LogP contribution in [0.15, 0.2) is 0 Å². The molecule has 2 aliphatic carbocycles. The van der Waals surface area contributed by atoms with Crippen LogP contribution in [0.2, 0.25) is 0 Å². The molecular formula is C19H32N2O2S. The normalized spacial score (nSPS) is 26.7. The fourth-order valence-electron chi connectivity index (χ4n) is 4.66. The molecule has 1 aromatic rings. The Morgan fingerprint density at radius 1 is 1.38 bits per heavy atom. The monoisotopic (exact) mass is 352 g/mol. The number of methoxy groups -OCH3 is 1. The van der Waals surface area contributed by atoms with E-state index in [4.69, 9.17) is 14.5 Å². The second kappa shape index (κ2) is 7.81. The van der Waals surface area contributed by atoms with Gasteiger partial charge in [-0.1, -0.05) is 12.8 Å². The first kappa shape index (κ1) is 18.3. The van der Waals surface area contributed by atoms with E-state index in [1.165, 1.54) is 41.3 Å². The van der Waals surface area contributed by atoms with E-state index in [1.807, 2.05) is 11.3 Å². The molecule has 0 radical (unpaired) electrons. The first-order valence-electron chi connectivity index (χ1n) is 9.43. The van der Waals surface area contributed by atoms with Crippen LogP contribution in [0.3, 0.4) is 0 Å². The Kier molecular flexibility index (Phi) is 5.96. The van der Waals surface area contributed by atoms with Crippen molar-refractivity contribution < 1.29 is 9.47 Å². The number of rotatable bonds is 8. The molecule has 1 spiro atoms. The van der Waals surface area contributed by atoms with Gasteiger partial charge in [-0.3, -0.25) is 0 Å². The van der Waals surface area contributed by atoms with E-state index >= 15 is 0 Å². The maximum absolute atomic E-state index is 6.04. The molecule has 1 N–H and O–H groups in total. The maximum atomic E-state index is 6.04. The maximum Gasteiger partial charge on any atom is 0.0954 e. The SMILES string of the molecule is CCOC1CC(NC(C)c2sc(CCOC)nc2C)C12CCCC2. The van der Waals surface area contributed by atoms with Gasteiger partial charge in [-0.2, -0.15) is 0 Å². The van der Waals surface area contributed by atoms with E-state index in [0.29, 0.717) is 23.6 Å². The molecule has 0 bridgehead atoms. The highest BCUT2D eigenvalue weighted by Gasteiger charge is 2.56. The lowest BCUT2D eigenvalue weighted by Crippen LogP contribution is -2.62. The van der Waals surface area contributed by atoms with Crippen molar-refractivity contribution in [1.29, 1.82) is 0 Å². The number of nitrogens with one attached hydrogen (secondary N) is 1. The molecule has 1 aromatic heterocycles. The van der Waals surface area contributed by atoms with E-state index in [0.717, 1.165) is 26.1 Å². The second-order valence-electron chi connectivity index (χ2n) is 7.36. The van der Waals surface area contributed by atoms with E-state index in [-0.39, 0.29) is 0 Å². The Morgan fingerprint density at radius 2 is 2.12 bits per heavy atom. The molecule has 3 rings (SSSR count). The van der Waals surface area contributed by atoms with E-state index < -0.39 is 0 Å². The molecule has 2 fully saturated rings. The van der Waals surface area contributed by atoms with Crippen LogP contribution in [-0.4, -0.2) is 37.5 Å². The highest BCUT2D eigenvalue weighted by atomic mass is 32.1. The number of nitrogens with zero attached hydrogens (tertiary/aromatic N) is 1. The molecule has 0 amide bonds. The summed E-state index contributed by atoms with van der Waals surface area (Å²) in [6.45, 7) is 8.13. The third-order valence-corrected chi connectivity index (χ3v) is 7.33. The number of aromatic nitrogens is 1. The number of aryl methyl sites for hydroxylation is 1. The fraction of sp³-hybridized carbons (Fsp3) is 0.842. The van der Waals surface area contributed by atoms with Gasteiger partial charge < -0.3 is 14.8 Å². The third-order valence-electron chi connectivity index (χ3n) is 5.93. The summed E-state index contributed by atoms with van der Waals surface area (Å²) in [6.07, 6.45) is 7.90. The Balaban J connectivity index is 1.64. The molecule has 5 heteroatoms. The zero-order chi connectivity index (χ0) is 17.2. The molecule has 0 saturated heterocycles. The molecule has 2 saturated carbocycles. The quantitative estimate of drug-likeness (QED) is 0.767. The van der Waals surface area contributed by atoms with Crippen molar-refractivity contribution in [2.24, 2.45) is 5.41 Å². The minimum atomic E-state index is 0.365. The van der Waals surface area contributed by atoms with Crippen LogP contribution in [0, 0.1) is 12.3 Å². The van der Waals surface area contributed by atoms with Gasteiger partial charge in [0.1, 0.15) is 0 Å². The van der Waals surface area contributed by atoms with E-state index in [1.54, 1.807) is 7.11 Å². The zero-order valence-electron chi connectivity index (χ0n) is 15.6. The highest BCUT2D eigenvalue weighted by Crippen LogP contribution is 2.55. The molecule has 4 nitrogen and oxygen atoms in total. The van der Waals surface area contributed by atoms with Gasteiger partial charge in [-0.25, -0.2) is 4.98 Å². The van der Waals surface area contributed by atoms with Crippen LogP contribution in [-0.2, 0) is 15.9 Å². The van der Waals surface area contributed by atoms with Crippen molar-refractivity contribution in [2.75, 3.05) is 20.3 Å². The van der Waals surface area contributed by atoms with Gasteiger partial charge in [0.25, 0.3) is 0 Å². The largest absolute Gasteiger partial charge is 0.384 e. The summed E-state index contributed by atoms with van der Waals surface area (Å²) in [6, 6.07) is 0.958. The fourth-order valence-corrected chi connectivity index (χ4v) is 5.72. The zero-order valence-corrected chi connectivity index (χ0v) is 16.4. The van der Waals surface area contributed by atoms with Crippen molar-refractivity contribution in [1.82, 2.24) is 10.3 Å². The lowest BCUT2D eigenvalue weighted by Gasteiger charge is -2.55. The molecular weight excluding hydrogens is 320 g/mol. The van der Waals surface area contributed by atoms with Crippen molar-refractivity contribution >= 4 is 11.3 Å². The first-order valence-corrected chi connectivity index (χ1v) is 10.2. The summed E-state index contributed by atoms with van der Waals surface area (Å²) in [5.41, 5.74) is 1.56. The Hall–Kier alpha value is -0.490. The Labute approximate surface area is 150 Å². The Bertz CT molecular complexity index is 539. The number of hydrogen-bond donors (Lipinski definition) is 1. The average molecular weight is 353 g/mol. The van der Waals surface area contributed by atoms with Crippen molar-refractivity contribution in [2.45, 2.75) is 77.5 Å². The van der Waals surface area contributed by atoms with Crippen LogP contribution in [0.4, 0.5) is 0 Å². The molecule has 2 aliphatic rings. The predicted molar refractivity (Wildman–Crippen MR) is 98.7 cm³/mol. The van der Waals surface area contributed by atoms with E-state index in [2.05, 4.69) is 26.1 Å². The first-order chi connectivity index (χ1) is 11.6. The molecule has 0 aromatic carbocycles. The van der Waals surface area contributed by atoms with Crippen LogP contribution >= 0.6 is 11.3 Å². The summed E-state index contributed by atoms with van der Waals surface area (Å²) in [5.74, 6) is 0. The smallest absolute Gasteiger partial charge is 0.0954 e. The van der Waals surface area contributed by atoms with E-state index in [9.17, 15) is 0 Å². The lowest BCUT2D eigenvalue weighted by molar-refractivity contribution is -0.132. The molecule has 0 aliphatic heterocycles. The van der Waals surface area contributed by atoms with Gasteiger partial charge in [0.05, 0.1) is 23.4 Å². The molecule has 24 heavy (non-hydrogen) atoms. The van der Waals surface area contributed by atoms with Crippen molar-refractivity contribution in [3.05, 3.63) is 15.6 Å². The standard InChI is InChI=1S/C19H32N2O2S/c1-5-23-16-12-15(19(16)9-6-7-10-19)20-13(2)18-14(3)21-17(24-18)8-11-22-4/h13,15-16,20H,5-12H2,1-4H3. The Morgan fingerprint density at radius 3 is 2.79 bits per heavy atom. The summed E-state index contributed by atoms with van der Waals surface area (Å²) >= 11 is 1.84. The molecule has 1 heterocycles. The van der Waals surface area contributed by atoms with Gasteiger partial charge in [-0.05, 0) is 40.0 Å². The number of hydrogen-bond acceptors (Lipinski definition) is 5. The second-order valence-corrected chi connectivity index (χ2v) is 8.48. The van der Waals surface area contributed by atoms with Crippen molar-refractivity contribution in [3.8, 4) is 0 Å². The number of ether oxygens (including phenoxy) is 2. The molecule has 3 unspecified atom stereocenters. The van der Waals surface area contributed by atoms with Crippen molar-refractivity contribution in [3.63, 3.8) is 0 Å². The molecule has 3 atom stereocenters. The van der Waals surface area contributed by atoms with Crippen LogP contribution in [0.1, 0.15) is 67.6 Å². The highest BCUT2D eigenvalue weighted by molar-refractivity contribution is 7.11. The van der Waals surface area contributed by atoms with Crippen LogP contribution in [0.5, 0.6) is 0 Å². The van der Waals surface area contributed by atoms with Crippen LogP contribution < -0.4 is 5.32 Å². The minimum absolute atomic E-state index is 0.365. The summed E-state index contributed by atoms with van der Waals surface area (Å²) in [4.78, 5) is 6.11. The van der Waals surface area contributed by atoms with Gasteiger partial charge >= 0.3 is 0 Å². The van der Waals surface area contributed by atoms with Crippen LogP contribution in [0.25, 0.3) is 0 Å². The minimum Gasteiger partial charge on any atom is -0.384 e.